The van der Waals surface area contributed by atoms with Crippen molar-refractivity contribution in [3.05, 3.63) is 35.4 Å². The van der Waals surface area contributed by atoms with Gasteiger partial charge in [0, 0.05) is 5.56 Å². The number of hydrogen-bond donors (Lipinski definition) is 2. The van der Waals surface area contributed by atoms with Crippen molar-refractivity contribution in [2.45, 2.75) is 6.92 Å². The maximum atomic E-state index is 11.3. The molecular weight excluding hydrogens is 184 g/mol. The molecule has 0 fully saturated rings. The van der Waals surface area contributed by atoms with E-state index in [2.05, 4.69) is 17.5 Å². The molecular formula is C9H10N2OS. The van der Waals surface area contributed by atoms with Crippen LogP contribution in [0.3, 0.4) is 0 Å². The average Bonchev–Trinajstić information content (AvgIpc) is 2.03. The summed E-state index contributed by atoms with van der Waals surface area (Å²) < 4.78 is 0. The second kappa shape index (κ2) is 4.00. The summed E-state index contributed by atoms with van der Waals surface area (Å²) in [6, 6.07) is 7.20. The molecule has 0 heterocycles. The molecule has 3 N–H and O–H groups in total. The van der Waals surface area contributed by atoms with Gasteiger partial charge in [0.15, 0.2) is 5.11 Å². The predicted molar refractivity (Wildman–Crippen MR) is 55.4 cm³/mol. The zero-order valence-electron chi connectivity index (χ0n) is 7.20. The third-order valence-electron chi connectivity index (χ3n) is 1.52. The smallest absolute Gasteiger partial charge is 0.257 e. The first-order valence-corrected chi connectivity index (χ1v) is 4.18. The van der Waals surface area contributed by atoms with E-state index in [0.717, 1.165) is 5.56 Å². The number of carbonyl (C=O) groups is 1. The zero-order chi connectivity index (χ0) is 9.84. The van der Waals surface area contributed by atoms with Gasteiger partial charge in [0.2, 0.25) is 0 Å². The van der Waals surface area contributed by atoms with Crippen LogP contribution in [0.1, 0.15) is 15.9 Å². The summed E-state index contributed by atoms with van der Waals surface area (Å²) in [5.74, 6) is -0.267. The van der Waals surface area contributed by atoms with Crippen LogP contribution < -0.4 is 11.1 Å². The Bertz CT molecular complexity index is 349. The lowest BCUT2D eigenvalue weighted by Gasteiger charge is -2.02. The van der Waals surface area contributed by atoms with Crippen LogP contribution in [0.25, 0.3) is 0 Å². The number of thiocarbonyl (C=S) groups is 1. The van der Waals surface area contributed by atoms with E-state index >= 15 is 0 Å². The van der Waals surface area contributed by atoms with E-state index in [9.17, 15) is 4.79 Å². The molecule has 0 unspecified atom stereocenters. The van der Waals surface area contributed by atoms with E-state index in [0.29, 0.717) is 5.56 Å². The highest BCUT2D eigenvalue weighted by atomic mass is 32.1. The van der Waals surface area contributed by atoms with Gasteiger partial charge in [0.25, 0.3) is 5.91 Å². The Morgan fingerprint density at radius 2 is 2.23 bits per heavy atom. The number of hydrogen-bond acceptors (Lipinski definition) is 2. The molecule has 0 saturated heterocycles. The van der Waals surface area contributed by atoms with Gasteiger partial charge in [-0.05, 0) is 31.3 Å². The van der Waals surface area contributed by atoms with Crippen molar-refractivity contribution in [3.63, 3.8) is 0 Å². The molecule has 0 aliphatic carbocycles. The SMILES string of the molecule is Cc1cccc(C(=O)NC(N)=S)c1. The third kappa shape index (κ3) is 2.83. The maximum absolute atomic E-state index is 11.3. The Hall–Kier alpha value is -1.42. The fourth-order valence-electron chi connectivity index (χ4n) is 0.970. The summed E-state index contributed by atoms with van der Waals surface area (Å²) in [6.07, 6.45) is 0. The third-order valence-corrected chi connectivity index (χ3v) is 1.62. The van der Waals surface area contributed by atoms with E-state index in [1.54, 1.807) is 12.1 Å². The lowest BCUT2D eigenvalue weighted by molar-refractivity contribution is 0.0977. The van der Waals surface area contributed by atoms with Crippen LogP contribution in [0, 0.1) is 6.92 Å². The molecule has 0 radical (unpaired) electrons. The van der Waals surface area contributed by atoms with Crippen LogP contribution in [0.2, 0.25) is 0 Å². The molecule has 1 rings (SSSR count). The second-order valence-electron chi connectivity index (χ2n) is 2.69. The number of nitrogens with two attached hydrogens (primary N) is 1. The number of carbonyl (C=O) groups excluding carboxylic acids is 1. The minimum Gasteiger partial charge on any atom is -0.376 e. The fourth-order valence-corrected chi connectivity index (χ4v) is 1.06. The Kier molecular flexibility index (Phi) is 2.97. The van der Waals surface area contributed by atoms with Crippen molar-refractivity contribution in [1.29, 1.82) is 0 Å². The topological polar surface area (TPSA) is 55.1 Å². The van der Waals surface area contributed by atoms with Gasteiger partial charge < -0.3 is 5.73 Å². The van der Waals surface area contributed by atoms with Gasteiger partial charge in [-0.2, -0.15) is 0 Å². The molecule has 13 heavy (non-hydrogen) atoms. The van der Waals surface area contributed by atoms with Crippen molar-refractivity contribution in [1.82, 2.24) is 5.32 Å². The normalized spacial score (nSPS) is 9.31. The summed E-state index contributed by atoms with van der Waals surface area (Å²) in [7, 11) is 0. The average molecular weight is 194 g/mol. The molecule has 3 nitrogen and oxygen atoms in total. The molecule has 1 aromatic rings. The molecule has 0 aliphatic heterocycles. The minimum absolute atomic E-state index is 0.00786. The fraction of sp³-hybridized carbons (Fsp3) is 0.111. The Morgan fingerprint density at radius 1 is 1.54 bits per heavy atom. The lowest BCUT2D eigenvalue weighted by atomic mass is 10.1. The second-order valence-corrected chi connectivity index (χ2v) is 3.13. The molecule has 0 aliphatic rings. The van der Waals surface area contributed by atoms with E-state index < -0.39 is 0 Å². The van der Waals surface area contributed by atoms with Crippen molar-refractivity contribution in [2.75, 3.05) is 0 Å². The van der Waals surface area contributed by atoms with Crippen LogP contribution in [0.5, 0.6) is 0 Å². The minimum atomic E-state index is -0.267. The summed E-state index contributed by atoms with van der Waals surface area (Å²) in [5, 5.41) is 2.35. The van der Waals surface area contributed by atoms with E-state index in [1.165, 1.54) is 0 Å². The highest BCUT2D eigenvalue weighted by Crippen LogP contribution is 2.03. The molecule has 68 valence electrons. The van der Waals surface area contributed by atoms with Gasteiger partial charge in [-0.25, -0.2) is 0 Å². The van der Waals surface area contributed by atoms with E-state index in [-0.39, 0.29) is 11.0 Å². The number of aryl methyl sites for hydroxylation is 1. The van der Waals surface area contributed by atoms with Crippen molar-refractivity contribution >= 4 is 23.2 Å². The molecule has 0 atom stereocenters. The summed E-state index contributed by atoms with van der Waals surface area (Å²) in [6.45, 7) is 1.91. The van der Waals surface area contributed by atoms with Crippen molar-refractivity contribution < 1.29 is 4.79 Å². The molecule has 1 amide bonds. The summed E-state index contributed by atoms with van der Waals surface area (Å²) in [5.41, 5.74) is 6.75. The molecule has 4 heteroatoms. The number of amides is 1. The van der Waals surface area contributed by atoms with Gasteiger partial charge in [-0.15, -0.1) is 0 Å². The van der Waals surface area contributed by atoms with Gasteiger partial charge in [0.1, 0.15) is 0 Å². The predicted octanol–water partition coefficient (Wildman–Crippen LogP) is 0.968. The molecule has 0 bridgehead atoms. The van der Waals surface area contributed by atoms with Gasteiger partial charge in [-0.3, -0.25) is 10.1 Å². The molecule has 0 spiro atoms. The highest BCUT2D eigenvalue weighted by Gasteiger charge is 2.04. The van der Waals surface area contributed by atoms with Crippen LogP contribution in [0.15, 0.2) is 24.3 Å². The van der Waals surface area contributed by atoms with Crippen molar-refractivity contribution in [3.8, 4) is 0 Å². The van der Waals surface area contributed by atoms with Crippen molar-refractivity contribution in [2.24, 2.45) is 5.73 Å². The van der Waals surface area contributed by atoms with E-state index in [4.69, 9.17) is 5.73 Å². The van der Waals surface area contributed by atoms with E-state index in [1.807, 2.05) is 19.1 Å². The van der Waals surface area contributed by atoms with Gasteiger partial charge in [-0.1, -0.05) is 17.7 Å². The van der Waals surface area contributed by atoms with Crippen LogP contribution in [-0.4, -0.2) is 11.0 Å². The Balaban J connectivity index is 2.83. The zero-order valence-corrected chi connectivity index (χ0v) is 8.02. The first kappa shape index (κ1) is 9.67. The van der Waals surface area contributed by atoms with Gasteiger partial charge in [0.05, 0.1) is 0 Å². The first-order valence-electron chi connectivity index (χ1n) is 3.77. The van der Waals surface area contributed by atoms with Crippen LogP contribution >= 0.6 is 12.2 Å². The van der Waals surface area contributed by atoms with Gasteiger partial charge >= 0.3 is 0 Å². The van der Waals surface area contributed by atoms with Crippen LogP contribution in [0.4, 0.5) is 0 Å². The molecule has 1 aromatic carbocycles. The largest absolute Gasteiger partial charge is 0.376 e. The first-order chi connectivity index (χ1) is 6.09. The monoisotopic (exact) mass is 194 g/mol. The lowest BCUT2D eigenvalue weighted by Crippen LogP contribution is -2.34. The number of benzene rings is 1. The standard InChI is InChI=1S/C9H10N2OS/c1-6-3-2-4-7(5-6)8(12)11-9(10)13/h2-5H,1H3,(H3,10,11,12,13). The number of rotatable bonds is 1. The summed E-state index contributed by atoms with van der Waals surface area (Å²) >= 11 is 4.55. The molecule has 0 aromatic heterocycles. The maximum Gasteiger partial charge on any atom is 0.257 e. The van der Waals surface area contributed by atoms with Crippen LogP contribution in [-0.2, 0) is 0 Å². The molecule has 0 saturated carbocycles. The quantitative estimate of drug-likeness (QED) is 0.655. The Morgan fingerprint density at radius 3 is 2.77 bits per heavy atom. The number of nitrogens with one attached hydrogen (secondary N) is 1. The summed E-state index contributed by atoms with van der Waals surface area (Å²) in [4.78, 5) is 11.3. The Labute approximate surface area is 81.9 Å². The highest BCUT2D eigenvalue weighted by molar-refractivity contribution is 7.80.